The number of aryl methyl sites for hydroxylation is 1. The number of piperidine rings is 1. The van der Waals surface area contributed by atoms with E-state index < -0.39 is 0 Å². The van der Waals surface area contributed by atoms with Crippen molar-refractivity contribution in [2.24, 2.45) is 10.9 Å². The number of aromatic nitrogens is 1. The molecule has 5 nitrogen and oxygen atoms in total. The van der Waals surface area contributed by atoms with Crippen LogP contribution < -0.4 is 4.74 Å². The molecule has 0 radical (unpaired) electrons. The molecule has 3 aromatic carbocycles. The lowest BCUT2D eigenvalue weighted by Crippen LogP contribution is -2.36. The molecule has 2 aliphatic rings. The lowest BCUT2D eigenvalue weighted by molar-refractivity contribution is 0.0911. The molecule has 0 aliphatic carbocycles. The lowest BCUT2D eigenvalue weighted by atomic mass is 9.89. The number of likely N-dealkylation sites (tertiary alicyclic amines) is 1. The molecule has 0 saturated carbocycles. The Morgan fingerprint density at radius 3 is 2.95 bits per heavy atom. The van der Waals surface area contributed by atoms with Gasteiger partial charge < -0.3 is 4.74 Å². The fraction of sp³-hybridized carbons (Fsp3) is 0.323. The molecule has 0 N–H and O–H groups in total. The molecule has 0 unspecified atom stereocenters. The summed E-state index contributed by atoms with van der Waals surface area (Å²) in [5, 5.41) is 1.05. The average Bonchev–Trinajstić information content (AvgIpc) is 3.51. The van der Waals surface area contributed by atoms with E-state index in [-0.39, 0.29) is 17.5 Å². The number of ketones is 1. The van der Waals surface area contributed by atoms with Crippen molar-refractivity contribution < 1.29 is 13.9 Å². The highest BCUT2D eigenvalue weighted by atomic mass is 32.1. The molecular formula is C31H30FN3O2S. The predicted molar refractivity (Wildman–Crippen MR) is 150 cm³/mol. The summed E-state index contributed by atoms with van der Waals surface area (Å²) < 4.78 is 21.0. The minimum absolute atomic E-state index is 0.155. The molecule has 0 bridgehead atoms. The van der Waals surface area contributed by atoms with Gasteiger partial charge in [0.15, 0.2) is 5.78 Å². The zero-order valence-corrected chi connectivity index (χ0v) is 22.5. The SMILES string of the molecule is COc1cccc(F)c1CN1CCC[C@@H](CC(=O)c2ccc3c(c2)C(c2ccc4nc(C)sc4c2)=NC3)C1. The van der Waals surface area contributed by atoms with Crippen LogP contribution in [0.3, 0.4) is 0 Å². The van der Waals surface area contributed by atoms with Gasteiger partial charge in [0, 0.05) is 41.8 Å². The number of aliphatic imine (C=N–C) groups is 1. The molecule has 2 aliphatic heterocycles. The third-order valence-corrected chi connectivity index (χ3v) is 8.55. The van der Waals surface area contributed by atoms with E-state index in [4.69, 9.17) is 9.73 Å². The van der Waals surface area contributed by atoms with E-state index in [2.05, 4.69) is 28.1 Å². The van der Waals surface area contributed by atoms with Crippen molar-refractivity contribution in [2.45, 2.75) is 39.3 Å². The van der Waals surface area contributed by atoms with Crippen molar-refractivity contribution in [3.05, 3.63) is 93.2 Å². The number of halogens is 1. The van der Waals surface area contributed by atoms with Gasteiger partial charge >= 0.3 is 0 Å². The summed E-state index contributed by atoms with van der Waals surface area (Å²) in [5.41, 5.74) is 6.54. The highest BCUT2D eigenvalue weighted by molar-refractivity contribution is 7.18. The Bertz CT molecular complexity index is 1560. The zero-order chi connectivity index (χ0) is 26.2. The summed E-state index contributed by atoms with van der Waals surface area (Å²) in [7, 11) is 1.57. The van der Waals surface area contributed by atoms with Gasteiger partial charge in [-0.1, -0.05) is 24.3 Å². The molecule has 3 heterocycles. The van der Waals surface area contributed by atoms with Gasteiger partial charge in [-0.2, -0.15) is 0 Å². The number of ether oxygens (including phenoxy) is 1. The topological polar surface area (TPSA) is 54.8 Å². The van der Waals surface area contributed by atoms with E-state index in [9.17, 15) is 9.18 Å². The maximum Gasteiger partial charge on any atom is 0.163 e. The van der Waals surface area contributed by atoms with Gasteiger partial charge in [-0.05, 0) is 68.1 Å². The van der Waals surface area contributed by atoms with E-state index in [0.717, 1.165) is 69.1 Å². The summed E-state index contributed by atoms with van der Waals surface area (Å²) in [5.74, 6) is 0.724. The van der Waals surface area contributed by atoms with E-state index in [1.807, 2.05) is 25.1 Å². The first-order chi connectivity index (χ1) is 18.5. The van der Waals surface area contributed by atoms with E-state index in [0.29, 0.717) is 30.8 Å². The van der Waals surface area contributed by atoms with Crippen LogP contribution in [0.25, 0.3) is 10.2 Å². The van der Waals surface area contributed by atoms with Crippen LogP contribution in [0.5, 0.6) is 5.75 Å². The third-order valence-electron chi connectivity index (χ3n) is 7.62. The number of rotatable bonds is 7. The van der Waals surface area contributed by atoms with E-state index in [1.165, 1.54) is 6.07 Å². The quantitative estimate of drug-likeness (QED) is 0.255. The molecule has 1 atom stereocenters. The van der Waals surface area contributed by atoms with Gasteiger partial charge in [0.25, 0.3) is 0 Å². The first kappa shape index (κ1) is 24.9. The second-order valence-corrected chi connectivity index (χ2v) is 11.5. The van der Waals surface area contributed by atoms with Crippen molar-refractivity contribution in [1.29, 1.82) is 0 Å². The van der Waals surface area contributed by atoms with Gasteiger partial charge in [0.05, 0.1) is 34.6 Å². The Labute approximate surface area is 226 Å². The fourth-order valence-electron chi connectivity index (χ4n) is 5.74. The minimum atomic E-state index is -0.247. The standard InChI is InChI=1S/C31H30FN3O2S/c1-19-34-27-11-10-22(15-30(27)38-19)31-24-14-21(8-9-23(24)16-33-31)28(36)13-20-5-4-12-35(17-20)18-25-26(32)6-3-7-29(25)37-2/h3,6-11,14-15,20H,4-5,12-13,16-18H2,1-2H3/t20-/m0/s1. The van der Waals surface area contributed by atoms with Gasteiger partial charge in [0.1, 0.15) is 11.6 Å². The molecule has 0 spiro atoms. The van der Waals surface area contributed by atoms with Gasteiger partial charge in [-0.3, -0.25) is 14.7 Å². The number of carbonyl (C=O) groups is 1. The first-order valence-corrected chi connectivity index (χ1v) is 13.9. The minimum Gasteiger partial charge on any atom is -0.496 e. The van der Waals surface area contributed by atoms with Crippen molar-refractivity contribution in [1.82, 2.24) is 9.88 Å². The van der Waals surface area contributed by atoms with Crippen LogP contribution in [-0.4, -0.2) is 41.6 Å². The Kier molecular flexibility index (Phi) is 6.80. The Balaban J connectivity index is 1.16. The van der Waals surface area contributed by atoms with Crippen LogP contribution in [0.1, 0.15) is 56.9 Å². The molecule has 4 aromatic rings. The smallest absolute Gasteiger partial charge is 0.163 e. The highest BCUT2D eigenvalue weighted by Crippen LogP contribution is 2.30. The fourth-order valence-corrected chi connectivity index (χ4v) is 6.61. The predicted octanol–water partition coefficient (Wildman–Crippen LogP) is 6.59. The maximum atomic E-state index is 14.5. The van der Waals surface area contributed by atoms with Crippen molar-refractivity contribution in [3.8, 4) is 5.75 Å². The lowest BCUT2D eigenvalue weighted by Gasteiger charge is -2.33. The Morgan fingerprint density at radius 1 is 1.18 bits per heavy atom. The summed E-state index contributed by atoms with van der Waals surface area (Å²) in [6.07, 6.45) is 2.49. The number of hydrogen-bond donors (Lipinski definition) is 0. The monoisotopic (exact) mass is 527 g/mol. The maximum absolute atomic E-state index is 14.5. The zero-order valence-electron chi connectivity index (χ0n) is 21.7. The Morgan fingerprint density at radius 2 is 2.08 bits per heavy atom. The van der Waals surface area contributed by atoms with Crippen molar-refractivity contribution in [3.63, 3.8) is 0 Å². The highest BCUT2D eigenvalue weighted by Gasteiger charge is 2.26. The molecule has 7 heteroatoms. The number of methoxy groups -OCH3 is 1. The number of thiazole rings is 1. The molecule has 194 valence electrons. The van der Waals surface area contributed by atoms with Gasteiger partial charge in [-0.15, -0.1) is 11.3 Å². The van der Waals surface area contributed by atoms with Crippen LogP contribution in [0.15, 0.2) is 59.6 Å². The van der Waals surface area contributed by atoms with Gasteiger partial charge in [-0.25, -0.2) is 9.37 Å². The summed E-state index contributed by atoms with van der Waals surface area (Å²) in [6, 6.07) is 17.2. The van der Waals surface area contributed by atoms with Crippen molar-refractivity contribution in [2.75, 3.05) is 20.2 Å². The number of nitrogens with zero attached hydrogens (tertiary/aromatic N) is 3. The largest absolute Gasteiger partial charge is 0.496 e. The summed E-state index contributed by atoms with van der Waals surface area (Å²) in [6.45, 7) is 4.81. The molecular weight excluding hydrogens is 497 g/mol. The molecule has 6 rings (SSSR count). The average molecular weight is 528 g/mol. The van der Waals surface area contributed by atoms with Crippen LogP contribution in [0.2, 0.25) is 0 Å². The second-order valence-electron chi connectivity index (χ2n) is 10.2. The molecule has 0 amide bonds. The third kappa shape index (κ3) is 4.88. The molecule has 1 aromatic heterocycles. The first-order valence-electron chi connectivity index (χ1n) is 13.1. The molecule has 1 fully saturated rings. The van der Waals surface area contributed by atoms with Crippen molar-refractivity contribution >= 4 is 33.0 Å². The summed E-state index contributed by atoms with van der Waals surface area (Å²) >= 11 is 1.69. The second kappa shape index (κ2) is 10.4. The molecule has 1 saturated heterocycles. The number of hydrogen-bond acceptors (Lipinski definition) is 6. The number of Topliss-reactive ketones (excluding diaryl/α,β-unsaturated/α-hetero) is 1. The van der Waals surface area contributed by atoms with Gasteiger partial charge in [0.2, 0.25) is 0 Å². The van der Waals surface area contributed by atoms with Crippen LogP contribution in [-0.2, 0) is 13.1 Å². The van der Waals surface area contributed by atoms with E-state index >= 15 is 0 Å². The number of fused-ring (bicyclic) bond motifs is 2. The van der Waals surface area contributed by atoms with E-state index in [1.54, 1.807) is 30.6 Å². The van der Waals surface area contributed by atoms with Crippen LogP contribution in [0, 0.1) is 18.7 Å². The Hall–Kier alpha value is -3.42. The van der Waals surface area contributed by atoms with Crippen LogP contribution in [0.4, 0.5) is 4.39 Å². The normalized spacial score (nSPS) is 17.4. The molecule has 38 heavy (non-hydrogen) atoms. The number of benzene rings is 3. The summed E-state index contributed by atoms with van der Waals surface area (Å²) in [4.78, 5) is 25.0. The number of carbonyl (C=O) groups excluding carboxylic acids is 1. The van der Waals surface area contributed by atoms with Crippen LogP contribution >= 0.6 is 11.3 Å².